The smallest absolute Gasteiger partial charge is 0.257 e. The molecule has 0 aliphatic heterocycles. The Morgan fingerprint density at radius 3 is 2.35 bits per heavy atom. The topological polar surface area (TPSA) is 79.5 Å². The number of ether oxygens (including phenoxy) is 1. The first kappa shape index (κ1) is 19.7. The zero-order valence-corrected chi connectivity index (χ0v) is 15.9. The number of nitrogens with one attached hydrogen (secondary N) is 3. The normalized spacial score (nSPS) is 10.1. The lowest BCUT2D eigenvalue weighted by Gasteiger charge is -2.11. The summed E-state index contributed by atoms with van der Waals surface area (Å²) in [6.07, 6.45) is 0. The molecule has 2 rings (SSSR count). The lowest BCUT2D eigenvalue weighted by molar-refractivity contribution is -0.126. The highest BCUT2D eigenvalue weighted by Crippen LogP contribution is 2.20. The molecular weight excluding hydrogens is 350 g/mol. The molecule has 0 aromatic heterocycles. The van der Waals surface area contributed by atoms with Crippen molar-refractivity contribution < 1.29 is 14.3 Å². The van der Waals surface area contributed by atoms with Gasteiger partial charge in [0.15, 0.2) is 0 Å². The molecule has 0 heterocycles. The SMILES string of the molecule is COc1ccc(SCC(=O)NNC(=O)CNc2ccc(C)cc2C)cc1. The van der Waals surface area contributed by atoms with Crippen LogP contribution in [0.15, 0.2) is 47.4 Å². The van der Waals surface area contributed by atoms with E-state index >= 15 is 0 Å². The van der Waals surface area contributed by atoms with Gasteiger partial charge in [-0.1, -0.05) is 17.7 Å². The van der Waals surface area contributed by atoms with Gasteiger partial charge in [0.2, 0.25) is 5.91 Å². The van der Waals surface area contributed by atoms with Crippen LogP contribution in [0.1, 0.15) is 11.1 Å². The second kappa shape index (κ2) is 9.72. The molecule has 0 unspecified atom stereocenters. The fraction of sp³-hybridized carbons (Fsp3) is 0.263. The average Bonchev–Trinajstić information content (AvgIpc) is 2.64. The number of aryl methyl sites for hydroxylation is 2. The molecule has 3 N–H and O–H groups in total. The lowest BCUT2D eigenvalue weighted by atomic mass is 10.1. The predicted octanol–water partition coefficient (Wildman–Crippen LogP) is 2.66. The zero-order valence-electron chi connectivity index (χ0n) is 15.1. The molecule has 0 saturated heterocycles. The summed E-state index contributed by atoms with van der Waals surface area (Å²) in [5.41, 5.74) is 7.94. The second-order valence-corrected chi connectivity index (χ2v) is 6.78. The zero-order chi connectivity index (χ0) is 18.9. The van der Waals surface area contributed by atoms with E-state index in [-0.39, 0.29) is 24.1 Å². The van der Waals surface area contributed by atoms with Crippen LogP contribution in [0.5, 0.6) is 5.75 Å². The number of carbonyl (C=O) groups is 2. The maximum atomic E-state index is 11.8. The van der Waals surface area contributed by atoms with Crippen molar-refractivity contribution in [3.8, 4) is 5.75 Å². The number of hydrogen-bond donors (Lipinski definition) is 3. The maximum Gasteiger partial charge on any atom is 0.257 e. The minimum absolute atomic E-state index is 0.0792. The molecule has 0 aliphatic rings. The minimum Gasteiger partial charge on any atom is -0.497 e. The van der Waals surface area contributed by atoms with E-state index in [1.165, 1.54) is 17.3 Å². The number of benzene rings is 2. The van der Waals surface area contributed by atoms with E-state index < -0.39 is 0 Å². The van der Waals surface area contributed by atoms with Crippen molar-refractivity contribution in [2.45, 2.75) is 18.7 Å². The lowest BCUT2D eigenvalue weighted by Crippen LogP contribution is -2.44. The Morgan fingerprint density at radius 1 is 1.00 bits per heavy atom. The summed E-state index contributed by atoms with van der Waals surface area (Å²) in [6, 6.07) is 13.4. The number of amides is 2. The maximum absolute atomic E-state index is 11.8. The van der Waals surface area contributed by atoms with Gasteiger partial charge < -0.3 is 10.1 Å². The van der Waals surface area contributed by atoms with E-state index in [1.54, 1.807) is 7.11 Å². The van der Waals surface area contributed by atoms with Crippen LogP contribution in [-0.4, -0.2) is 31.2 Å². The Morgan fingerprint density at radius 2 is 1.69 bits per heavy atom. The van der Waals surface area contributed by atoms with E-state index in [0.29, 0.717) is 0 Å². The highest BCUT2D eigenvalue weighted by molar-refractivity contribution is 8.00. The molecule has 2 amide bonds. The van der Waals surface area contributed by atoms with E-state index in [4.69, 9.17) is 4.74 Å². The Hall–Kier alpha value is -2.67. The molecule has 0 bridgehead atoms. The van der Waals surface area contributed by atoms with Crippen LogP contribution in [0.3, 0.4) is 0 Å². The van der Waals surface area contributed by atoms with E-state index in [9.17, 15) is 9.59 Å². The van der Waals surface area contributed by atoms with Crippen LogP contribution in [0.25, 0.3) is 0 Å². The van der Waals surface area contributed by atoms with Crippen molar-refractivity contribution in [3.05, 3.63) is 53.6 Å². The van der Waals surface area contributed by atoms with Gasteiger partial charge in [0.05, 0.1) is 19.4 Å². The van der Waals surface area contributed by atoms with E-state index in [2.05, 4.69) is 16.2 Å². The number of thioether (sulfide) groups is 1. The minimum atomic E-state index is -0.312. The van der Waals surface area contributed by atoms with Crippen molar-refractivity contribution in [1.29, 1.82) is 0 Å². The third-order valence-corrected chi connectivity index (χ3v) is 4.60. The number of methoxy groups -OCH3 is 1. The Bertz CT molecular complexity index is 763. The summed E-state index contributed by atoms with van der Waals surface area (Å²) >= 11 is 1.38. The molecule has 26 heavy (non-hydrogen) atoms. The van der Waals surface area contributed by atoms with Crippen molar-refractivity contribution in [3.63, 3.8) is 0 Å². The summed E-state index contributed by atoms with van der Waals surface area (Å²) in [4.78, 5) is 24.6. The number of hydrazine groups is 1. The van der Waals surface area contributed by atoms with Crippen molar-refractivity contribution >= 4 is 29.3 Å². The molecule has 0 atom stereocenters. The molecular formula is C19H23N3O3S. The number of hydrogen-bond acceptors (Lipinski definition) is 5. The third-order valence-electron chi connectivity index (χ3n) is 3.59. The molecule has 7 heteroatoms. The van der Waals surface area contributed by atoms with Crippen LogP contribution < -0.4 is 20.9 Å². The number of rotatable bonds is 7. The summed E-state index contributed by atoms with van der Waals surface area (Å²) in [5, 5.41) is 3.05. The first-order valence-corrected chi connectivity index (χ1v) is 9.12. The largest absolute Gasteiger partial charge is 0.497 e. The second-order valence-electron chi connectivity index (χ2n) is 5.73. The Kier molecular flexibility index (Phi) is 7.35. The van der Waals surface area contributed by atoms with Gasteiger partial charge in [0.25, 0.3) is 5.91 Å². The first-order chi connectivity index (χ1) is 12.5. The van der Waals surface area contributed by atoms with E-state index in [1.807, 2.05) is 56.3 Å². The van der Waals surface area contributed by atoms with Crippen molar-refractivity contribution in [1.82, 2.24) is 10.9 Å². The molecule has 2 aromatic carbocycles. The molecule has 0 saturated carbocycles. The van der Waals surface area contributed by atoms with Gasteiger partial charge in [-0.05, 0) is 49.7 Å². The highest BCUT2D eigenvalue weighted by atomic mass is 32.2. The number of carbonyl (C=O) groups excluding carboxylic acids is 2. The Balaban J connectivity index is 1.68. The van der Waals surface area contributed by atoms with Crippen LogP contribution >= 0.6 is 11.8 Å². The quantitative estimate of drug-likeness (QED) is 0.514. The average molecular weight is 373 g/mol. The van der Waals surface area contributed by atoms with Gasteiger partial charge in [-0.15, -0.1) is 11.8 Å². The fourth-order valence-corrected chi connectivity index (χ4v) is 2.93. The van der Waals surface area contributed by atoms with Gasteiger partial charge in [-0.25, -0.2) is 0 Å². The summed E-state index contributed by atoms with van der Waals surface area (Å²) in [5.74, 6) is 0.387. The van der Waals surface area contributed by atoms with Crippen molar-refractivity contribution in [2.24, 2.45) is 0 Å². The summed E-state index contributed by atoms with van der Waals surface area (Å²) < 4.78 is 5.09. The van der Waals surface area contributed by atoms with Crippen LogP contribution in [0, 0.1) is 13.8 Å². The molecule has 0 fully saturated rings. The monoisotopic (exact) mass is 373 g/mol. The van der Waals surface area contributed by atoms with Gasteiger partial charge >= 0.3 is 0 Å². The molecule has 0 radical (unpaired) electrons. The van der Waals surface area contributed by atoms with Crippen LogP contribution in [0.4, 0.5) is 5.69 Å². The molecule has 6 nitrogen and oxygen atoms in total. The van der Waals surface area contributed by atoms with Gasteiger partial charge in [-0.2, -0.15) is 0 Å². The third kappa shape index (κ3) is 6.33. The van der Waals surface area contributed by atoms with Gasteiger partial charge in [-0.3, -0.25) is 20.4 Å². The molecule has 0 aliphatic carbocycles. The fourth-order valence-electron chi connectivity index (χ4n) is 2.23. The molecule has 2 aromatic rings. The van der Waals surface area contributed by atoms with Crippen LogP contribution in [0.2, 0.25) is 0 Å². The first-order valence-electron chi connectivity index (χ1n) is 8.13. The van der Waals surface area contributed by atoms with E-state index in [0.717, 1.165) is 21.9 Å². The summed E-state index contributed by atoms with van der Waals surface area (Å²) in [6.45, 7) is 4.07. The van der Waals surface area contributed by atoms with Gasteiger partial charge in [0.1, 0.15) is 5.75 Å². The number of anilines is 1. The molecule has 0 spiro atoms. The standard InChI is InChI=1S/C19H23N3O3S/c1-13-4-9-17(14(2)10-13)20-11-18(23)21-22-19(24)12-26-16-7-5-15(25-3)6-8-16/h4-10,20H,11-12H2,1-3H3,(H,21,23)(H,22,24). The van der Waals surface area contributed by atoms with Gasteiger partial charge in [0, 0.05) is 10.6 Å². The highest BCUT2D eigenvalue weighted by Gasteiger charge is 2.06. The van der Waals surface area contributed by atoms with Crippen molar-refractivity contribution in [2.75, 3.05) is 24.7 Å². The van der Waals surface area contributed by atoms with Crippen LogP contribution in [-0.2, 0) is 9.59 Å². The predicted molar refractivity (Wildman–Crippen MR) is 104 cm³/mol. The molecule has 138 valence electrons. The Labute approximate surface area is 157 Å². The summed E-state index contributed by atoms with van der Waals surface area (Å²) in [7, 11) is 1.60.